The third kappa shape index (κ3) is 2.39. The molecular formula is C16H23N3. The molecule has 19 heavy (non-hydrogen) atoms. The Hall–Kier alpha value is -1.35. The van der Waals surface area contributed by atoms with E-state index in [1.54, 1.807) is 0 Å². The molecule has 3 nitrogen and oxygen atoms in total. The number of hydrogen-bond donors (Lipinski definition) is 1. The second-order valence-electron chi connectivity index (χ2n) is 6.71. The lowest BCUT2D eigenvalue weighted by Crippen LogP contribution is -2.24. The van der Waals surface area contributed by atoms with Crippen LogP contribution >= 0.6 is 0 Å². The summed E-state index contributed by atoms with van der Waals surface area (Å²) in [4.78, 5) is 4.88. The highest BCUT2D eigenvalue weighted by molar-refractivity contribution is 5.77. The molecule has 0 aliphatic heterocycles. The zero-order valence-corrected chi connectivity index (χ0v) is 12.1. The predicted octanol–water partition coefficient (Wildman–Crippen LogP) is 3.20. The standard InChI is InChI=1S/C16H23N3/c1-16(2,3)19-14-7-6-12(10-17)8-13(14)18-15(19)9-11-4-5-11/h6-8,11H,4-5,9-10,17H2,1-3H3. The van der Waals surface area contributed by atoms with Crippen molar-refractivity contribution in [2.24, 2.45) is 11.7 Å². The van der Waals surface area contributed by atoms with E-state index in [9.17, 15) is 0 Å². The topological polar surface area (TPSA) is 43.8 Å². The maximum Gasteiger partial charge on any atom is 0.110 e. The minimum Gasteiger partial charge on any atom is -0.326 e. The monoisotopic (exact) mass is 257 g/mol. The summed E-state index contributed by atoms with van der Waals surface area (Å²) >= 11 is 0. The van der Waals surface area contributed by atoms with Gasteiger partial charge in [0.2, 0.25) is 0 Å². The van der Waals surface area contributed by atoms with Gasteiger partial charge in [-0.15, -0.1) is 0 Å². The van der Waals surface area contributed by atoms with Gasteiger partial charge in [-0.25, -0.2) is 4.98 Å². The summed E-state index contributed by atoms with van der Waals surface area (Å²) in [7, 11) is 0. The van der Waals surface area contributed by atoms with Gasteiger partial charge in [-0.3, -0.25) is 0 Å². The third-order valence-electron chi connectivity index (χ3n) is 3.86. The molecule has 0 radical (unpaired) electrons. The van der Waals surface area contributed by atoms with Gasteiger partial charge in [0.25, 0.3) is 0 Å². The van der Waals surface area contributed by atoms with E-state index in [1.165, 1.54) is 24.2 Å². The molecule has 1 saturated carbocycles. The van der Waals surface area contributed by atoms with Gasteiger partial charge >= 0.3 is 0 Å². The number of aromatic nitrogens is 2. The Kier molecular flexibility index (Phi) is 2.90. The highest BCUT2D eigenvalue weighted by Crippen LogP contribution is 2.35. The van der Waals surface area contributed by atoms with Gasteiger partial charge in [-0.05, 0) is 57.2 Å². The number of imidazole rings is 1. The quantitative estimate of drug-likeness (QED) is 0.917. The van der Waals surface area contributed by atoms with Crippen molar-refractivity contribution in [3.63, 3.8) is 0 Å². The van der Waals surface area contributed by atoms with Gasteiger partial charge < -0.3 is 10.3 Å². The van der Waals surface area contributed by atoms with E-state index in [0.717, 1.165) is 23.4 Å². The van der Waals surface area contributed by atoms with Gasteiger partial charge in [0.1, 0.15) is 5.82 Å². The molecule has 2 N–H and O–H groups in total. The van der Waals surface area contributed by atoms with Crippen molar-refractivity contribution in [3.8, 4) is 0 Å². The second kappa shape index (κ2) is 4.34. The third-order valence-corrected chi connectivity index (χ3v) is 3.86. The molecule has 0 atom stereocenters. The molecule has 0 saturated heterocycles. The first kappa shape index (κ1) is 12.7. The van der Waals surface area contributed by atoms with Gasteiger partial charge in [-0.2, -0.15) is 0 Å². The molecule has 0 unspecified atom stereocenters. The first-order valence-corrected chi connectivity index (χ1v) is 7.20. The first-order valence-electron chi connectivity index (χ1n) is 7.20. The summed E-state index contributed by atoms with van der Waals surface area (Å²) in [5, 5.41) is 0. The lowest BCUT2D eigenvalue weighted by atomic mass is 10.1. The highest BCUT2D eigenvalue weighted by atomic mass is 15.1. The average molecular weight is 257 g/mol. The molecule has 1 heterocycles. The van der Waals surface area contributed by atoms with E-state index in [0.29, 0.717) is 6.54 Å². The molecule has 1 fully saturated rings. The fourth-order valence-electron chi connectivity index (χ4n) is 2.77. The summed E-state index contributed by atoms with van der Waals surface area (Å²) < 4.78 is 2.40. The minimum atomic E-state index is 0.0726. The Bertz CT molecular complexity index is 600. The lowest BCUT2D eigenvalue weighted by molar-refractivity contribution is 0.391. The Morgan fingerprint density at radius 2 is 2.05 bits per heavy atom. The molecule has 1 aliphatic carbocycles. The van der Waals surface area contributed by atoms with Crippen LogP contribution in [0.2, 0.25) is 0 Å². The van der Waals surface area contributed by atoms with Crippen LogP contribution in [0, 0.1) is 5.92 Å². The average Bonchev–Trinajstić information content (AvgIpc) is 3.06. The predicted molar refractivity (Wildman–Crippen MR) is 79.0 cm³/mol. The maximum atomic E-state index is 5.73. The van der Waals surface area contributed by atoms with Crippen molar-refractivity contribution in [3.05, 3.63) is 29.6 Å². The van der Waals surface area contributed by atoms with Crippen molar-refractivity contribution in [2.45, 2.75) is 52.1 Å². The van der Waals surface area contributed by atoms with Gasteiger partial charge in [0.15, 0.2) is 0 Å². The first-order chi connectivity index (χ1) is 8.99. The van der Waals surface area contributed by atoms with E-state index in [2.05, 4.69) is 43.5 Å². The van der Waals surface area contributed by atoms with E-state index in [-0.39, 0.29) is 5.54 Å². The molecule has 0 bridgehead atoms. The molecule has 0 spiro atoms. The smallest absolute Gasteiger partial charge is 0.110 e. The Labute approximate surface area is 114 Å². The summed E-state index contributed by atoms with van der Waals surface area (Å²) in [5.41, 5.74) is 9.28. The molecular weight excluding hydrogens is 234 g/mol. The zero-order chi connectivity index (χ0) is 13.6. The second-order valence-corrected chi connectivity index (χ2v) is 6.71. The van der Waals surface area contributed by atoms with Crippen LogP contribution in [0.1, 0.15) is 45.0 Å². The van der Waals surface area contributed by atoms with Crippen LogP contribution in [0.25, 0.3) is 11.0 Å². The molecule has 1 aromatic heterocycles. The molecule has 1 aliphatic rings. The van der Waals surface area contributed by atoms with Crippen LogP contribution in [0.5, 0.6) is 0 Å². The van der Waals surface area contributed by atoms with E-state index in [4.69, 9.17) is 10.7 Å². The summed E-state index contributed by atoms with van der Waals surface area (Å²) in [5.74, 6) is 2.09. The van der Waals surface area contributed by atoms with Crippen molar-refractivity contribution in [2.75, 3.05) is 0 Å². The van der Waals surface area contributed by atoms with Crippen LogP contribution in [0.15, 0.2) is 18.2 Å². The normalized spacial score (nSPS) is 16.2. The van der Waals surface area contributed by atoms with Gasteiger partial charge in [0.05, 0.1) is 11.0 Å². The van der Waals surface area contributed by atoms with Crippen LogP contribution in [0.3, 0.4) is 0 Å². The number of nitrogens with zero attached hydrogens (tertiary/aromatic N) is 2. The molecule has 102 valence electrons. The summed E-state index contributed by atoms with van der Waals surface area (Å²) in [6, 6.07) is 6.42. The van der Waals surface area contributed by atoms with Gasteiger partial charge in [-0.1, -0.05) is 6.07 Å². The Morgan fingerprint density at radius 3 is 2.63 bits per heavy atom. The largest absolute Gasteiger partial charge is 0.326 e. The van der Waals surface area contributed by atoms with E-state index >= 15 is 0 Å². The van der Waals surface area contributed by atoms with Crippen LogP contribution in [-0.2, 0) is 18.5 Å². The molecule has 1 aromatic carbocycles. The van der Waals surface area contributed by atoms with Crippen LogP contribution in [-0.4, -0.2) is 9.55 Å². The van der Waals surface area contributed by atoms with Crippen molar-refractivity contribution in [1.29, 1.82) is 0 Å². The number of hydrogen-bond acceptors (Lipinski definition) is 2. The van der Waals surface area contributed by atoms with E-state index < -0.39 is 0 Å². The van der Waals surface area contributed by atoms with Crippen molar-refractivity contribution in [1.82, 2.24) is 9.55 Å². The zero-order valence-electron chi connectivity index (χ0n) is 12.1. The van der Waals surface area contributed by atoms with Crippen molar-refractivity contribution >= 4 is 11.0 Å². The lowest BCUT2D eigenvalue weighted by Gasteiger charge is -2.24. The van der Waals surface area contributed by atoms with Crippen LogP contribution < -0.4 is 5.73 Å². The maximum absolute atomic E-state index is 5.73. The SMILES string of the molecule is CC(C)(C)n1c(CC2CC2)nc2cc(CN)ccc21. The molecule has 3 heteroatoms. The summed E-state index contributed by atoms with van der Waals surface area (Å²) in [6.45, 7) is 7.33. The minimum absolute atomic E-state index is 0.0726. The number of benzene rings is 1. The van der Waals surface area contributed by atoms with Gasteiger partial charge in [0, 0.05) is 18.5 Å². The van der Waals surface area contributed by atoms with Crippen molar-refractivity contribution < 1.29 is 0 Å². The number of fused-ring (bicyclic) bond motifs is 1. The Balaban J connectivity index is 2.16. The molecule has 3 rings (SSSR count). The fourth-order valence-corrected chi connectivity index (χ4v) is 2.77. The number of nitrogens with two attached hydrogens (primary N) is 1. The fraction of sp³-hybridized carbons (Fsp3) is 0.562. The van der Waals surface area contributed by atoms with E-state index in [1.807, 2.05) is 0 Å². The number of rotatable bonds is 3. The molecule has 2 aromatic rings. The van der Waals surface area contributed by atoms with Crippen LogP contribution in [0.4, 0.5) is 0 Å². The highest BCUT2D eigenvalue weighted by Gasteiger charge is 2.27. The summed E-state index contributed by atoms with van der Waals surface area (Å²) in [6.07, 6.45) is 3.84. The molecule has 0 amide bonds. The Morgan fingerprint density at radius 1 is 1.32 bits per heavy atom.